The van der Waals surface area contributed by atoms with Crippen LogP contribution in [0.25, 0.3) is 5.65 Å². The first-order valence-corrected chi connectivity index (χ1v) is 10.2. The van der Waals surface area contributed by atoms with Crippen molar-refractivity contribution in [3.8, 4) is 0 Å². The number of aryl methyl sites for hydroxylation is 1. The topological polar surface area (TPSA) is 111 Å². The number of nitrogens with one attached hydrogen (secondary N) is 2. The molecule has 2 heterocycles. The van der Waals surface area contributed by atoms with Crippen molar-refractivity contribution in [1.29, 1.82) is 0 Å². The third-order valence-corrected chi connectivity index (χ3v) is 4.88. The van der Waals surface area contributed by atoms with Crippen molar-refractivity contribution in [1.82, 2.24) is 19.8 Å². The van der Waals surface area contributed by atoms with Crippen molar-refractivity contribution < 1.29 is 18.7 Å². The molecule has 10 heteroatoms. The molecule has 0 aliphatic heterocycles. The molecule has 168 valence electrons. The average Bonchev–Trinajstić information content (AvgIpc) is 3.24. The first kappa shape index (κ1) is 21.9. The van der Waals surface area contributed by atoms with Crippen LogP contribution in [0, 0.1) is 5.82 Å². The molecule has 0 spiro atoms. The highest BCUT2D eigenvalue weighted by Gasteiger charge is 2.11. The summed E-state index contributed by atoms with van der Waals surface area (Å²) < 4.78 is 19.3. The highest BCUT2D eigenvalue weighted by atomic mass is 19.1. The molecule has 0 fully saturated rings. The van der Waals surface area contributed by atoms with E-state index in [0.717, 1.165) is 5.56 Å². The number of esters is 1. The van der Waals surface area contributed by atoms with Crippen LogP contribution in [-0.4, -0.2) is 38.8 Å². The lowest BCUT2D eigenvalue weighted by Crippen LogP contribution is -2.14. The van der Waals surface area contributed by atoms with E-state index in [4.69, 9.17) is 0 Å². The van der Waals surface area contributed by atoms with Crippen LogP contribution in [0.15, 0.2) is 60.7 Å². The van der Waals surface area contributed by atoms with Gasteiger partial charge in [0, 0.05) is 25.1 Å². The zero-order chi connectivity index (χ0) is 23.2. The summed E-state index contributed by atoms with van der Waals surface area (Å²) in [6, 6.07) is 16.2. The van der Waals surface area contributed by atoms with Gasteiger partial charge in [-0.3, -0.25) is 4.79 Å². The molecule has 2 aromatic heterocycles. The Hall–Kier alpha value is -4.34. The minimum atomic E-state index is -0.439. The maximum atomic E-state index is 13.0. The molecule has 4 aromatic rings. The van der Waals surface area contributed by atoms with Crippen LogP contribution in [0.5, 0.6) is 0 Å². The molecule has 33 heavy (non-hydrogen) atoms. The van der Waals surface area contributed by atoms with Gasteiger partial charge in [0.2, 0.25) is 5.91 Å². The number of methoxy groups -OCH3 is 1. The fourth-order valence-electron chi connectivity index (χ4n) is 3.13. The summed E-state index contributed by atoms with van der Waals surface area (Å²) in [6.45, 7) is 0.480. The van der Waals surface area contributed by atoms with Gasteiger partial charge in [0.05, 0.1) is 12.7 Å². The molecule has 2 N–H and O–H groups in total. The van der Waals surface area contributed by atoms with E-state index >= 15 is 0 Å². The Morgan fingerprint density at radius 1 is 1.00 bits per heavy atom. The van der Waals surface area contributed by atoms with Crippen LogP contribution in [0.1, 0.15) is 28.2 Å². The predicted molar refractivity (Wildman–Crippen MR) is 119 cm³/mol. The number of rotatable bonds is 8. The Morgan fingerprint density at radius 2 is 1.76 bits per heavy atom. The largest absolute Gasteiger partial charge is 0.465 e. The molecule has 0 saturated heterocycles. The van der Waals surface area contributed by atoms with Crippen LogP contribution in [-0.2, 0) is 22.5 Å². The van der Waals surface area contributed by atoms with E-state index in [-0.39, 0.29) is 18.1 Å². The van der Waals surface area contributed by atoms with Crippen molar-refractivity contribution in [2.24, 2.45) is 0 Å². The Kier molecular flexibility index (Phi) is 6.53. The zero-order valence-electron chi connectivity index (χ0n) is 17.8. The maximum absolute atomic E-state index is 13.0. The Labute approximate surface area is 188 Å². The van der Waals surface area contributed by atoms with Crippen molar-refractivity contribution in [3.05, 3.63) is 83.4 Å². The minimum absolute atomic E-state index is 0.175. The molecule has 0 atom stereocenters. The van der Waals surface area contributed by atoms with Crippen LogP contribution in [0.2, 0.25) is 0 Å². The SMILES string of the molecule is COC(=O)c1ccc(NC(=O)CCc2nnc3ccc(NCc4ccc(F)cc4)nn23)cc1. The van der Waals surface area contributed by atoms with Gasteiger partial charge in [-0.2, -0.15) is 4.52 Å². The van der Waals surface area contributed by atoms with Gasteiger partial charge in [-0.1, -0.05) is 12.1 Å². The molecule has 2 aromatic carbocycles. The highest BCUT2D eigenvalue weighted by Crippen LogP contribution is 2.13. The smallest absolute Gasteiger partial charge is 0.337 e. The number of aromatic nitrogens is 4. The van der Waals surface area contributed by atoms with Crippen molar-refractivity contribution in [3.63, 3.8) is 0 Å². The Balaban J connectivity index is 1.36. The number of carbonyl (C=O) groups excluding carboxylic acids is 2. The van der Waals surface area contributed by atoms with Crippen molar-refractivity contribution in [2.75, 3.05) is 17.7 Å². The highest BCUT2D eigenvalue weighted by molar-refractivity contribution is 5.93. The third-order valence-electron chi connectivity index (χ3n) is 4.88. The second-order valence-electron chi connectivity index (χ2n) is 7.20. The lowest BCUT2D eigenvalue weighted by molar-refractivity contribution is -0.116. The number of halogens is 1. The lowest BCUT2D eigenvalue weighted by atomic mass is 10.2. The average molecular weight is 448 g/mol. The molecule has 0 aliphatic carbocycles. The second-order valence-corrected chi connectivity index (χ2v) is 7.20. The molecular formula is C23H21FN6O3. The van der Waals surface area contributed by atoms with Gasteiger partial charge in [0.15, 0.2) is 11.5 Å². The summed E-state index contributed by atoms with van der Waals surface area (Å²) in [5.41, 5.74) is 2.46. The third kappa shape index (κ3) is 5.48. The summed E-state index contributed by atoms with van der Waals surface area (Å²) in [6.07, 6.45) is 0.510. The van der Waals surface area contributed by atoms with Crippen LogP contribution >= 0.6 is 0 Å². The predicted octanol–water partition coefficient (Wildman–Crippen LogP) is 3.23. The van der Waals surface area contributed by atoms with E-state index in [0.29, 0.717) is 41.5 Å². The van der Waals surface area contributed by atoms with Crippen LogP contribution in [0.4, 0.5) is 15.9 Å². The van der Waals surface area contributed by atoms with E-state index in [1.807, 2.05) is 0 Å². The second kappa shape index (κ2) is 9.86. The van der Waals surface area contributed by atoms with E-state index in [1.54, 1.807) is 53.0 Å². The van der Waals surface area contributed by atoms with Gasteiger partial charge >= 0.3 is 5.97 Å². The maximum Gasteiger partial charge on any atom is 0.337 e. The summed E-state index contributed by atoms with van der Waals surface area (Å²) in [4.78, 5) is 23.8. The summed E-state index contributed by atoms with van der Waals surface area (Å²) in [5, 5.41) is 18.7. The summed E-state index contributed by atoms with van der Waals surface area (Å²) >= 11 is 0. The molecule has 0 unspecified atom stereocenters. The molecule has 0 saturated carbocycles. The van der Waals surface area contributed by atoms with E-state index < -0.39 is 5.97 Å². The molecule has 4 rings (SSSR count). The first-order valence-electron chi connectivity index (χ1n) is 10.2. The molecular weight excluding hydrogens is 427 g/mol. The molecule has 0 radical (unpaired) electrons. The standard InChI is InChI=1S/C23H21FN6O3/c1-33-23(32)16-4-8-18(9-5-16)26-22(31)13-12-21-28-27-20-11-10-19(29-30(20)21)25-14-15-2-6-17(24)7-3-15/h2-11H,12-14H2,1H3,(H,25,29)(H,26,31). The van der Waals surface area contributed by atoms with Crippen LogP contribution in [0.3, 0.4) is 0 Å². The number of ether oxygens (including phenoxy) is 1. The fraction of sp³-hybridized carbons (Fsp3) is 0.174. The van der Waals surface area contributed by atoms with E-state index in [1.165, 1.54) is 19.2 Å². The van der Waals surface area contributed by atoms with Gasteiger partial charge in [0.1, 0.15) is 11.6 Å². The molecule has 9 nitrogen and oxygen atoms in total. The fourth-order valence-corrected chi connectivity index (χ4v) is 3.13. The number of anilines is 2. The van der Waals surface area contributed by atoms with Gasteiger partial charge in [0.25, 0.3) is 0 Å². The molecule has 0 bridgehead atoms. The zero-order valence-corrected chi connectivity index (χ0v) is 17.8. The van der Waals surface area contributed by atoms with E-state index in [2.05, 4.69) is 30.7 Å². The normalized spacial score (nSPS) is 10.7. The van der Waals surface area contributed by atoms with Gasteiger partial charge in [-0.25, -0.2) is 9.18 Å². The summed E-state index contributed by atoms with van der Waals surface area (Å²) in [5.74, 6) is 0.220. The van der Waals surface area contributed by atoms with Crippen molar-refractivity contribution >= 4 is 29.0 Å². The number of hydrogen-bond donors (Lipinski definition) is 2. The van der Waals surface area contributed by atoms with Crippen LogP contribution < -0.4 is 10.6 Å². The van der Waals surface area contributed by atoms with Crippen molar-refractivity contribution in [2.45, 2.75) is 19.4 Å². The number of fused-ring (bicyclic) bond motifs is 1. The monoisotopic (exact) mass is 448 g/mol. The summed E-state index contributed by atoms with van der Waals surface area (Å²) in [7, 11) is 1.31. The number of benzene rings is 2. The number of nitrogens with zero attached hydrogens (tertiary/aromatic N) is 4. The molecule has 1 amide bonds. The Morgan fingerprint density at radius 3 is 2.48 bits per heavy atom. The lowest BCUT2D eigenvalue weighted by Gasteiger charge is -2.07. The van der Waals surface area contributed by atoms with Gasteiger partial charge in [-0.15, -0.1) is 15.3 Å². The molecule has 0 aliphatic rings. The minimum Gasteiger partial charge on any atom is -0.465 e. The first-order chi connectivity index (χ1) is 16.0. The van der Waals surface area contributed by atoms with E-state index in [9.17, 15) is 14.0 Å². The van der Waals surface area contributed by atoms with Gasteiger partial charge < -0.3 is 15.4 Å². The number of carbonyl (C=O) groups is 2. The number of hydrogen-bond acceptors (Lipinski definition) is 7. The van der Waals surface area contributed by atoms with Gasteiger partial charge in [-0.05, 0) is 54.1 Å². The quantitative estimate of drug-likeness (QED) is 0.398. The number of amides is 1. The Bertz CT molecular complexity index is 1270.